The fourth-order valence-corrected chi connectivity index (χ4v) is 4.89. The normalized spacial score (nSPS) is 23.2. The first kappa shape index (κ1) is 21.9. The zero-order valence-electron chi connectivity index (χ0n) is 19.0. The summed E-state index contributed by atoms with van der Waals surface area (Å²) in [6.45, 7) is 3.51. The maximum atomic E-state index is 11.4. The molecule has 0 atom stereocenters. The summed E-state index contributed by atoms with van der Waals surface area (Å²) in [6, 6.07) is 18.2. The van der Waals surface area contributed by atoms with Crippen LogP contribution in [-0.2, 0) is 4.79 Å². The Morgan fingerprint density at radius 2 is 1.59 bits per heavy atom. The molecule has 2 aliphatic carbocycles. The lowest BCUT2D eigenvalue weighted by Gasteiger charge is -2.48. The van der Waals surface area contributed by atoms with Crippen LogP contribution in [0.3, 0.4) is 0 Å². The molecule has 0 saturated heterocycles. The van der Waals surface area contributed by atoms with Gasteiger partial charge in [-0.15, -0.1) is 0 Å². The first-order chi connectivity index (χ1) is 16.6. The van der Waals surface area contributed by atoms with Gasteiger partial charge in [0, 0.05) is 12.1 Å². The largest absolute Gasteiger partial charge is 0.457 e. The molecule has 34 heavy (non-hydrogen) atoms. The number of benzene rings is 2. The molecule has 2 aliphatic rings. The Bertz CT molecular complexity index is 1150. The standard InChI is InChI=1S/C27H29N5O2/c1-2-24(33)31-20-12-18(13-20)19-14-21(15-19)32-27-25(26(28)29-16-30-27)17-8-10-23(11-9-17)34-22-6-4-3-5-7-22/h2-11,16,18-21H,1,12-15H2,(H,31,33)(H3,28,29,30,32). The summed E-state index contributed by atoms with van der Waals surface area (Å²) in [7, 11) is 0. The van der Waals surface area contributed by atoms with Gasteiger partial charge in [-0.1, -0.05) is 36.9 Å². The first-order valence-electron chi connectivity index (χ1n) is 11.7. The molecule has 5 rings (SSSR count). The fourth-order valence-electron chi connectivity index (χ4n) is 4.89. The number of ether oxygens (including phenoxy) is 1. The summed E-state index contributed by atoms with van der Waals surface area (Å²) in [5, 5.41) is 6.57. The second kappa shape index (κ2) is 9.55. The molecule has 3 aromatic rings. The number of carbonyl (C=O) groups is 1. The molecule has 0 radical (unpaired) electrons. The lowest BCUT2D eigenvalue weighted by atomic mass is 9.63. The highest BCUT2D eigenvalue weighted by Gasteiger charge is 2.42. The molecule has 174 valence electrons. The van der Waals surface area contributed by atoms with Gasteiger partial charge in [0.05, 0.1) is 5.56 Å². The summed E-state index contributed by atoms with van der Waals surface area (Å²) >= 11 is 0. The summed E-state index contributed by atoms with van der Waals surface area (Å²) in [6.07, 6.45) is 7.15. The predicted octanol–water partition coefficient (Wildman–Crippen LogP) is 4.79. The van der Waals surface area contributed by atoms with Crippen LogP contribution in [-0.4, -0.2) is 28.0 Å². The van der Waals surface area contributed by atoms with Gasteiger partial charge in [-0.05, 0) is 73.4 Å². The Morgan fingerprint density at radius 3 is 2.26 bits per heavy atom. The molecule has 0 unspecified atom stereocenters. The van der Waals surface area contributed by atoms with Gasteiger partial charge in [-0.25, -0.2) is 9.97 Å². The molecule has 0 spiro atoms. The molecule has 2 fully saturated rings. The molecular formula is C27H29N5O2. The minimum Gasteiger partial charge on any atom is -0.457 e. The van der Waals surface area contributed by atoms with Gasteiger partial charge in [0.25, 0.3) is 0 Å². The lowest BCUT2D eigenvalue weighted by Crippen LogP contribution is -2.50. The molecule has 2 saturated carbocycles. The van der Waals surface area contributed by atoms with E-state index in [0.717, 1.165) is 54.1 Å². The van der Waals surface area contributed by atoms with E-state index in [9.17, 15) is 4.79 Å². The molecule has 4 N–H and O–H groups in total. The van der Waals surface area contributed by atoms with E-state index in [0.29, 0.717) is 29.7 Å². The summed E-state index contributed by atoms with van der Waals surface area (Å²) in [5.74, 6) is 4.05. The molecule has 1 aromatic heterocycles. The Hall–Kier alpha value is -3.87. The molecule has 0 aliphatic heterocycles. The Labute approximate surface area is 199 Å². The number of nitrogens with one attached hydrogen (secondary N) is 2. The second-order valence-electron chi connectivity index (χ2n) is 9.14. The maximum absolute atomic E-state index is 11.4. The fraction of sp³-hybridized carbons (Fsp3) is 0.296. The molecule has 1 amide bonds. The number of nitrogen functional groups attached to an aromatic ring is 1. The topological polar surface area (TPSA) is 102 Å². The highest BCUT2D eigenvalue weighted by molar-refractivity contribution is 5.87. The molecule has 7 heteroatoms. The number of para-hydroxylation sites is 1. The molecular weight excluding hydrogens is 426 g/mol. The van der Waals surface area contributed by atoms with Crippen LogP contribution in [0.2, 0.25) is 0 Å². The van der Waals surface area contributed by atoms with E-state index in [1.54, 1.807) is 0 Å². The van der Waals surface area contributed by atoms with E-state index in [4.69, 9.17) is 10.5 Å². The van der Waals surface area contributed by atoms with E-state index < -0.39 is 0 Å². The average Bonchev–Trinajstić information content (AvgIpc) is 2.80. The third-order valence-electron chi connectivity index (χ3n) is 6.89. The van der Waals surface area contributed by atoms with Crippen LogP contribution in [0.15, 0.2) is 73.6 Å². The number of rotatable bonds is 8. The maximum Gasteiger partial charge on any atom is 0.243 e. The molecule has 7 nitrogen and oxygen atoms in total. The average molecular weight is 456 g/mol. The molecule has 2 aromatic carbocycles. The van der Waals surface area contributed by atoms with Crippen molar-refractivity contribution in [3.8, 4) is 22.6 Å². The van der Waals surface area contributed by atoms with Crippen LogP contribution in [0.4, 0.5) is 11.6 Å². The highest BCUT2D eigenvalue weighted by Crippen LogP contribution is 2.45. The van der Waals surface area contributed by atoms with E-state index in [1.165, 1.54) is 12.4 Å². The van der Waals surface area contributed by atoms with Gasteiger partial charge >= 0.3 is 0 Å². The highest BCUT2D eigenvalue weighted by atomic mass is 16.5. The number of hydrogen-bond acceptors (Lipinski definition) is 6. The van der Waals surface area contributed by atoms with Crippen LogP contribution >= 0.6 is 0 Å². The van der Waals surface area contributed by atoms with Crippen molar-refractivity contribution < 1.29 is 9.53 Å². The van der Waals surface area contributed by atoms with Crippen LogP contribution in [0, 0.1) is 11.8 Å². The smallest absolute Gasteiger partial charge is 0.243 e. The minimum atomic E-state index is -0.0786. The molecule has 1 heterocycles. The van der Waals surface area contributed by atoms with Crippen molar-refractivity contribution in [3.63, 3.8) is 0 Å². The van der Waals surface area contributed by atoms with E-state index in [1.807, 2.05) is 54.6 Å². The SMILES string of the molecule is C=CC(=O)NC1CC(C2CC(Nc3ncnc(N)c3-c3ccc(Oc4ccccc4)cc3)C2)C1. The predicted molar refractivity (Wildman–Crippen MR) is 133 cm³/mol. The molecule has 0 bridgehead atoms. The Balaban J connectivity index is 1.20. The number of nitrogens with two attached hydrogens (primary N) is 1. The van der Waals surface area contributed by atoms with E-state index >= 15 is 0 Å². The summed E-state index contributed by atoms with van der Waals surface area (Å²) in [4.78, 5) is 20.2. The van der Waals surface area contributed by atoms with Crippen LogP contribution in [0.5, 0.6) is 11.5 Å². The number of carbonyl (C=O) groups excluding carboxylic acids is 1. The number of aromatic nitrogens is 2. The van der Waals surface area contributed by atoms with Crippen molar-refractivity contribution in [3.05, 3.63) is 73.6 Å². The van der Waals surface area contributed by atoms with Crippen molar-refractivity contribution in [1.82, 2.24) is 15.3 Å². The monoisotopic (exact) mass is 455 g/mol. The van der Waals surface area contributed by atoms with Gasteiger partial charge in [0.15, 0.2) is 0 Å². The Morgan fingerprint density at radius 1 is 0.941 bits per heavy atom. The summed E-state index contributed by atoms with van der Waals surface area (Å²) < 4.78 is 5.90. The number of anilines is 2. The van der Waals surface area contributed by atoms with Crippen molar-refractivity contribution in [2.24, 2.45) is 11.8 Å². The minimum absolute atomic E-state index is 0.0786. The van der Waals surface area contributed by atoms with Crippen LogP contribution in [0.25, 0.3) is 11.1 Å². The lowest BCUT2D eigenvalue weighted by molar-refractivity contribution is -0.118. The number of amides is 1. The van der Waals surface area contributed by atoms with E-state index in [-0.39, 0.29) is 5.91 Å². The van der Waals surface area contributed by atoms with Crippen LogP contribution < -0.4 is 21.1 Å². The van der Waals surface area contributed by atoms with Crippen molar-refractivity contribution in [2.45, 2.75) is 37.8 Å². The second-order valence-corrected chi connectivity index (χ2v) is 9.14. The third kappa shape index (κ3) is 4.73. The van der Waals surface area contributed by atoms with Gasteiger partial charge in [0.2, 0.25) is 5.91 Å². The van der Waals surface area contributed by atoms with E-state index in [2.05, 4.69) is 27.2 Å². The Kier molecular flexibility index (Phi) is 6.16. The summed E-state index contributed by atoms with van der Waals surface area (Å²) in [5.41, 5.74) is 8.01. The van der Waals surface area contributed by atoms with Crippen molar-refractivity contribution in [2.75, 3.05) is 11.1 Å². The van der Waals surface area contributed by atoms with Gasteiger partial charge < -0.3 is 21.1 Å². The third-order valence-corrected chi connectivity index (χ3v) is 6.89. The van der Waals surface area contributed by atoms with Crippen molar-refractivity contribution in [1.29, 1.82) is 0 Å². The first-order valence-corrected chi connectivity index (χ1v) is 11.7. The zero-order chi connectivity index (χ0) is 23.5. The van der Waals surface area contributed by atoms with Crippen molar-refractivity contribution >= 4 is 17.5 Å². The quantitative estimate of drug-likeness (QED) is 0.422. The zero-order valence-corrected chi connectivity index (χ0v) is 19.0. The number of hydrogen-bond donors (Lipinski definition) is 3. The van der Waals surface area contributed by atoms with Gasteiger partial charge in [0.1, 0.15) is 29.5 Å². The number of nitrogens with zero attached hydrogens (tertiary/aromatic N) is 2. The van der Waals surface area contributed by atoms with Gasteiger partial charge in [-0.3, -0.25) is 4.79 Å². The van der Waals surface area contributed by atoms with Gasteiger partial charge in [-0.2, -0.15) is 0 Å². The van der Waals surface area contributed by atoms with Crippen LogP contribution in [0.1, 0.15) is 25.7 Å².